The molecule has 0 aliphatic heterocycles. The minimum Gasteiger partial charge on any atom is -0.468 e. The van der Waals surface area contributed by atoms with Gasteiger partial charge >= 0.3 is 5.97 Å². The van der Waals surface area contributed by atoms with Crippen LogP contribution in [0.5, 0.6) is 0 Å². The smallest absolute Gasteiger partial charge is 0.325 e. The Bertz CT molecular complexity index is 236. The van der Waals surface area contributed by atoms with Crippen molar-refractivity contribution in [3.05, 3.63) is 0 Å². The first-order valence-corrected chi connectivity index (χ1v) is 4.68. The number of hydrogen-bond donors (Lipinski definition) is 2. The van der Waals surface area contributed by atoms with Gasteiger partial charge in [-0.2, -0.15) is 0 Å². The minimum absolute atomic E-state index is 0.0780. The van der Waals surface area contributed by atoms with Crippen molar-refractivity contribution in [2.24, 2.45) is 5.73 Å². The summed E-state index contributed by atoms with van der Waals surface area (Å²) in [5.74, 6) is -0.629. The average Bonchev–Trinajstić information content (AvgIpc) is 2.11. The van der Waals surface area contributed by atoms with E-state index in [1.165, 1.54) is 7.11 Å². The number of methoxy groups -OCH3 is 1. The highest BCUT2D eigenvalue weighted by Crippen LogP contribution is 2.31. The van der Waals surface area contributed by atoms with Gasteiger partial charge in [0.15, 0.2) is 0 Å². The molecule has 0 unspecified atom stereocenters. The van der Waals surface area contributed by atoms with Crippen molar-refractivity contribution in [3.63, 3.8) is 0 Å². The maximum atomic E-state index is 11.3. The van der Waals surface area contributed by atoms with Crippen LogP contribution in [0.4, 0.5) is 0 Å². The number of hydrogen-bond acceptors (Lipinski definition) is 4. The second-order valence-electron chi connectivity index (χ2n) is 3.75. The fourth-order valence-corrected chi connectivity index (χ4v) is 1.43. The van der Waals surface area contributed by atoms with Gasteiger partial charge in [-0.3, -0.25) is 9.59 Å². The quantitative estimate of drug-likeness (QED) is 0.602. The molecule has 0 radical (unpaired) electrons. The van der Waals surface area contributed by atoms with E-state index >= 15 is 0 Å². The molecule has 1 aliphatic rings. The lowest BCUT2D eigenvalue weighted by Crippen LogP contribution is -2.50. The van der Waals surface area contributed by atoms with Crippen molar-refractivity contribution < 1.29 is 14.3 Å². The highest BCUT2D eigenvalue weighted by molar-refractivity contribution is 5.82. The summed E-state index contributed by atoms with van der Waals surface area (Å²) in [7, 11) is 1.28. The molecule has 0 spiro atoms. The van der Waals surface area contributed by atoms with Gasteiger partial charge in [-0.1, -0.05) is 0 Å². The largest absolute Gasteiger partial charge is 0.468 e. The van der Waals surface area contributed by atoms with E-state index in [2.05, 4.69) is 10.1 Å². The van der Waals surface area contributed by atoms with Crippen LogP contribution in [0.15, 0.2) is 0 Å². The predicted molar refractivity (Wildman–Crippen MR) is 50.4 cm³/mol. The van der Waals surface area contributed by atoms with Gasteiger partial charge in [0, 0.05) is 12.0 Å². The van der Waals surface area contributed by atoms with Gasteiger partial charge in [0.25, 0.3) is 0 Å². The highest BCUT2D eigenvalue weighted by Gasteiger charge is 2.34. The molecule has 5 heteroatoms. The maximum Gasteiger partial charge on any atom is 0.325 e. The van der Waals surface area contributed by atoms with Gasteiger partial charge in [-0.25, -0.2) is 0 Å². The molecule has 0 aromatic carbocycles. The van der Waals surface area contributed by atoms with E-state index in [1.54, 1.807) is 0 Å². The van der Waals surface area contributed by atoms with Crippen LogP contribution >= 0.6 is 0 Å². The number of carbonyl (C=O) groups is 2. The molecular formula is C9H16N2O3. The summed E-state index contributed by atoms with van der Waals surface area (Å²) in [6, 6.07) is 0. The number of esters is 1. The minimum atomic E-state index is -0.446. The molecule has 80 valence electrons. The molecule has 0 bridgehead atoms. The lowest BCUT2D eigenvalue weighted by molar-refractivity contribution is -0.141. The number of carbonyl (C=O) groups excluding carboxylic acids is 2. The van der Waals surface area contributed by atoms with Gasteiger partial charge < -0.3 is 15.8 Å². The van der Waals surface area contributed by atoms with Crippen LogP contribution in [0.3, 0.4) is 0 Å². The number of amides is 1. The predicted octanol–water partition coefficient (Wildman–Crippen LogP) is -0.453. The molecule has 1 rings (SSSR count). The van der Waals surface area contributed by atoms with E-state index in [0.717, 1.165) is 19.3 Å². The third kappa shape index (κ3) is 2.99. The Labute approximate surface area is 83.0 Å². The summed E-state index contributed by atoms with van der Waals surface area (Å²) in [5.41, 5.74) is 5.53. The molecule has 0 saturated heterocycles. The van der Waals surface area contributed by atoms with Crippen LogP contribution in [-0.2, 0) is 14.3 Å². The summed E-state index contributed by atoms with van der Waals surface area (Å²) < 4.78 is 4.39. The Morgan fingerprint density at radius 3 is 2.57 bits per heavy atom. The fraction of sp³-hybridized carbons (Fsp3) is 0.778. The molecule has 1 fully saturated rings. The Morgan fingerprint density at radius 2 is 2.14 bits per heavy atom. The zero-order chi connectivity index (χ0) is 10.6. The molecule has 3 N–H and O–H groups in total. The number of rotatable bonds is 4. The Morgan fingerprint density at radius 1 is 1.50 bits per heavy atom. The topological polar surface area (TPSA) is 81.4 Å². The molecule has 5 nitrogen and oxygen atoms in total. The van der Waals surface area contributed by atoms with E-state index in [0.29, 0.717) is 6.42 Å². The summed E-state index contributed by atoms with van der Waals surface area (Å²) in [6.07, 6.45) is 3.15. The second kappa shape index (κ2) is 4.41. The number of nitrogens with one attached hydrogen (secondary N) is 1. The molecule has 14 heavy (non-hydrogen) atoms. The van der Waals surface area contributed by atoms with Crippen molar-refractivity contribution in [1.82, 2.24) is 5.32 Å². The van der Waals surface area contributed by atoms with Crippen LogP contribution in [0.25, 0.3) is 0 Å². The van der Waals surface area contributed by atoms with Crippen LogP contribution in [-0.4, -0.2) is 31.1 Å². The zero-order valence-electron chi connectivity index (χ0n) is 8.34. The van der Waals surface area contributed by atoms with Crippen molar-refractivity contribution in [1.29, 1.82) is 0 Å². The van der Waals surface area contributed by atoms with Crippen molar-refractivity contribution in [3.8, 4) is 0 Å². The van der Waals surface area contributed by atoms with Gasteiger partial charge in [-0.15, -0.1) is 0 Å². The number of ether oxygens (including phenoxy) is 1. The van der Waals surface area contributed by atoms with E-state index in [9.17, 15) is 9.59 Å². The summed E-state index contributed by atoms with van der Waals surface area (Å²) in [5, 5.41) is 2.46. The summed E-state index contributed by atoms with van der Waals surface area (Å²) >= 11 is 0. The first-order chi connectivity index (χ1) is 6.56. The lowest BCUT2D eigenvalue weighted by atomic mass is 9.75. The molecule has 0 heterocycles. The van der Waals surface area contributed by atoms with Gasteiger partial charge in [0.1, 0.15) is 6.54 Å². The third-order valence-corrected chi connectivity index (χ3v) is 2.52. The molecular weight excluding hydrogens is 184 g/mol. The zero-order valence-corrected chi connectivity index (χ0v) is 8.34. The van der Waals surface area contributed by atoms with E-state index in [-0.39, 0.29) is 18.0 Å². The first-order valence-electron chi connectivity index (χ1n) is 4.68. The van der Waals surface area contributed by atoms with Gasteiger partial charge in [0.05, 0.1) is 7.11 Å². The van der Waals surface area contributed by atoms with Gasteiger partial charge in [-0.05, 0) is 19.3 Å². The first kappa shape index (κ1) is 11.0. The molecule has 0 aromatic rings. The summed E-state index contributed by atoms with van der Waals surface area (Å²) in [4.78, 5) is 22.0. The second-order valence-corrected chi connectivity index (χ2v) is 3.75. The maximum absolute atomic E-state index is 11.3. The third-order valence-electron chi connectivity index (χ3n) is 2.52. The molecule has 0 atom stereocenters. The van der Waals surface area contributed by atoms with E-state index < -0.39 is 5.97 Å². The molecule has 1 aliphatic carbocycles. The molecule has 1 saturated carbocycles. The summed E-state index contributed by atoms with van der Waals surface area (Å²) in [6.45, 7) is -0.0780. The Kier molecular flexibility index (Phi) is 3.46. The Hall–Kier alpha value is -1.10. The van der Waals surface area contributed by atoms with Crippen molar-refractivity contribution in [2.75, 3.05) is 13.7 Å². The van der Waals surface area contributed by atoms with Crippen LogP contribution < -0.4 is 11.1 Å². The van der Waals surface area contributed by atoms with Crippen molar-refractivity contribution >= 4 is 11.9 Å². The van der Waals surface area contributed by atoms with E-state index in [4.69, 9.17) is 5.73 Å². The van der Waals surface area contributed by atoms with Crippen molar-refractivity contribution in [2.45, 2.75) is 31.2 Å². The molecule has 0 aromatic heterocycles. The van der Waals surface area contributed by atoms with Crippen LogP contribution in [0.1, 0.15) is 25.7 Å². The van der Waals surface area contributed by atoms with Crippen LogP contribution in [0.2, 0.25) is 0 Å². The normalized spacial score (nSPS) is 18.1. The van der Waals surface area contributed by atoms with Crippen LogP contribution in [0, 0.1) is 0 Å². The van der Waals surface area contributed by atoms with Gasteiger partial charge in [0.2, 0.25) is 5.91 Å². The average molecular weight is 200 g/mol. The Balaban J connectivity index is 2.19. The SMILES string of the molecule is COC(=O)CNC(=O)CC1(N)CCC1. The number of nitrogens with two attached hydrogens (primary N) is 1. The standard InChI is InChI=1S/C9H16N2O3/c1-14-8(13)6-11-7(12)5-9(10)3-2-4-9/h2-6,10H2,1H3,(H,11,12). The lowest BCUT2D eigenvalue weighted by Gasteiger charge is -2.37. The fourth-order valence-electron chi connectivity index (χ4n) is 1.43. The van der Waals surface area contributed by atoms with E-state index in [1.807, 2.05) is 0 Å². The molecule has 1 amide bonds. The highest BCUT2D eigenvalue weighted by atomic mass is 16.5. The monoisotopic (exact) mass is 200 g/mol.